The van der Waals surface area contributed by atoms with Crippen molar-refractivity contribution in [2.75, 3.05) is 13.1 Å². The lowest BCUT2D eigenvalue weighted by Gasteiger charge is -2.42. The van der Waals surface area contributed by atoms with Gasteiger partial charge in [0.25, 0.3) is 0 Å². The first kappa shape index (κ1) is 17.5. The largest absolute Gasteiger partial charge is 0.342 e. The molecule has 126 valence electrons. The van der Waals surface area contributed by atoms with Crippen molar-refractivity contribution in [1.29, 1.82) is 0 Å². The first-order valence-corrected chi connectivity index (χ1v) is 8.80. The SMILES string of the molecule is CC(C)CN(CC(C)C)C(=O)[C@@]12CC[C@](C)(C(=O)C1)C2(C)C. The molecule has 3 heteroatoms. The summed E-state index contributed by atoms with van der Waals surface area (Å²) in [6.45, 7) is 16.6. The van der Waals surface area contributed by atoms with Crippen molar-refractivity contribution in [3.8, 4) is 0 Å². The van der Waals surface area contributed by atoms with Gasteiger partial charge in [0.15, 0.2) is 0 Å². The smallest absolute Gasteiger partial charge is 0.229 e. The lowest BCUT2D eigenvalue weighted by atomic mass is 9.64. The highest BCUT2D eigenvalue weighted by atomic mass is 16.2. The third kappa shape index (κ3) is 2.23. The normalized spacial score (nSPS) is 33.0. The average Bonchev–Trinajstić information content (AvgIpc) is 2.66. The van der Waals surface area contributed by atoms with Crippen LogP contribution in [0.1, 0.15) is 67.7 Å². The summed E-state index contributed by atoms with van der Waals surface area (Å²) in [4.78, 5) is 28.1. The molecule has 2 atom stereocenters. The molecule has 22 heavy (non-hydrogen) atoms. The van der Waals surface area contributed by atoms with Gasteiger partial charge in [-0.1, -0.05) is 48.5 Å². The molecule has 0 aromatic heterocycles. The number of hydrogen-bond donors (Lipinski definition) is 0. The van der Waals surface area contributed by atoms with Gasteiger partial charge in [0.05, 0.1) is 5.41 Å². The molecule has 2 fully saturated rings. The number of rotatable bonds is 5. The van der Waals surface area contributed by atoms with Crippen LogP contribution in [0.15, 0.2) is 0 Å². The molecule has 3 nitrogen and oxygen atoms in total. The van der Waals surface area contributed by atoms with Crippen LogP contribution in [0.4, 0.5) is 0 Å². The fourth-order valence-corrected chi connectivity index (χ4v) is 4.76. The van der Waals surface area contributed by atoms with E-state index in [1.807, 2.05) is 4.90 Å². The van der Waals surface area contributed by atoms with Crippen LogP contribution in [0.25, 0.3) is 0 Å². The molecule has 0 N–H and O–H groups in total. The minimum Gasteiger partial charge on any atom is -0.342 e. The number of nitrogens with zero attached hydrogens (tertiary/aromatic N) is 1. The van der Waals surface area contributed by atoms with Crippen LogP contribution in [0.2, 0.25) is 0 Å². The van der Waals surface area contributed by atoms with Gasteiger partial charge in [-0.2, -0.15) is 0 Å². The van der Waals surface area contributed by atoms with Crippen molar-refractivity contribution in [2.45, 2.75) is 67.7 Å². The Bertz CT molecular complexity index is 470. The van der Waals surface area contributed by atoms with Crippen molar-refractivity contribution in [3.63, 3.8) is 0 Å². The van der Waals surface area contributed by atoms with Crippen molar-refractivity contribution in [2.24, 2.45) is 28.1 Å². The van der Waals surface area contributed by atoms with E-state index in [9.17, 15) is 9.59 Å². The number of hydrogen-bond acceptors (Lipinski definition) is 2. The van der Waals surface area contributed by atoms with Crippen molar-refractivity contribution >= 4 is 11.7 Å². The summed E-state index contributed by atoms with van der Waals surface area (Å²) in [6, 6.07) is 0. The Morgan fingerprint density at radius 1 is 1.05 bits per heavy atom. The predicted octanol–water partition coefficient (Wildman–Crippen LogP) is 3.91. The Balaban J connectivity index is 2.36. The molecule has 2 aliphatic carbocycles. The van der Waals surface area contributed by atoms with Crippen LogP contribution in [0.3, 0.4) is 0 Å². The average molecular weight is 307 g/mol. The number of carbonyl (C=O) groups is 2. The highest BCUT2D eigenvalue weighted by Gasteiger charge is 2.72. The second kappa shape index (κ2) is 5.35. The van der Waals surface area contributed by atoms with Gasteiger partial charge in [0, 0.05) is 24.9 Å². The maximum Gasteiger partial charge on any atom is 0.229 e. The molecule has 0 spiro atoms. The molecule has 0 radical (unpaired) electrons. The number of carbonyl (C=O) groups excluding carboxylic acids is 2. The Morgan fingerprint density at radius 2 is 1.55 bits per heavy atom. The highest BCUT2D eigenvalue weighted by molar-refractivity contribution is 5.99. The summed E-state index contributed by atoms with van der Waals surface area (Å²) >= 11 is 0. The van der Waals surface area contributed by atoms with Crippen LogP contribution in [-0.2, 0) is 9.59 Å². The third-order valence-electron chi connectivity index (χ3n) is 6.57. The molecule has 0 saturated heterocycles. The molecule has 0 aliphatic heterocycles. The van der Waals surface area contributed by atoms with Gasteiger partial charge in [-0.15, -0.1) is 0 Å². The summed E-state index contributed by atoms with van der Waals surface area (Å²) in [7, 11) is 0. The third-order valence-corrected chi connectivity index (χ3v) is 6.57. The Labute approximate surface area is 135 Å². The van der Waals surface area contributed by atoms with E-state index < -0.39 is 5.41 Å². The monoisotopic (exact) mass is 307 g/mol. The molecule has 0 aromatic rings. The summed E-state index contributed by atoms with van der Waals surface area (Å²) in [5.74, 6) is 1.43. The van der Waals surface area contributed by atoms with Crippen molar-refractivity contribution in [1.82, 2.24) is 4.90 Å². The van der Waals surface area contributed by atoms with E-state index in [1.54, 1.807) is 0 Å². The van der Waals surface area contributed by atoms with Crippen LogP contribution in [0.5, 0.6) is 0 Å². The molecule has 0 unspecified atom stereocenters. The summed E-state index contributed by atoms with van der Waals surface area (Å²) < 4.78 is 0. The Morgan fingerprint density at radius 3 is 1.86 bits per heavy atom. The van der Waals surface area contributed by atoms with E-state index in [-0.39, 0.29) is 16.7 Å². The quantitative estimate of drug-likeness (QED) is 0.772. The second-order valence-corrected chi connectivity index (χ2v) is 9.14. The van der Waals surface area contributed by atoms with Crippen molar-refractivity contribution in [3.05, 3.63) is 0 Å². The zero-order chi connectivity index (χ0) is 16.9. The molecule has 2 rings (SSSR count). The molecule has 0 heterocycles. The van der Waals surface area contributed by atoms with Crippen LogP contribution < -0.4 is 0 Å². The molecule has 2 aliphatic rings. The van der Waals surface area contributed by atoms with Gasteiger partial charge in [-0.05, 0) is 30.1 Å². The van der Waals surface area contributed by atoms with E-state index >= 15 is 0 Å². The maximum atomic E-state index is 13.5. The van der Waals surface area contributed by atoms with E-state index in [4.69, 9.17) is 0 Å². The van der Waals surface area contributed by atoms with E-state index in [0.29, 0.717) is 24.0 Å². The van der Waals surface area contributed by atoms with Gasteiger partial charge in [0.1, 0.15) is 5.78 Å². The number of amides is 1. The first-order valence-electron chi connectivity index (χ1n) is 8.80. The summed E-state index contributed by atoms with van der Waals surface area (Å²) in [5, 5.41) is 0. The van der Waals surface area contributed by atoms with E-state index in [0.717, 1.165) is 25.9 Å². The van der Waals surface area contributed by atoms with Gasteiger partial charge in [-0.3, -0.25) is 9.59 Å². The van der Waals surface area contributed by atoms with Gasteiger partial charge in [0.2, 0.25) is 5.91 Å². The van der Waals surface area contributed by atoms with Crippen molar-refractivity contribution < 1.29 is 9.59 Å². The summed E-state index contributed by atoms with van der Waals surface area (Å²) in [6.07, 6.45) is 2.18. The van der Waals surface area contributed by atoms with E-state index in [1.165, 1.54) is 0 Å². The minimum absolute atomic E-state index is 0.231. The fraction of sp³-hybridized carbons (Fsp3) is 0.895. The van der Waals surface area contributed by atoms with Crippen LogP contribution in [0, 0.1) is 28.1 Å². The number of fused-ring (bicyclic) bond motifs is 2. The fourth-order valence-electron chi connectivity index (χ4n) is 4.76. The van der Waals surface area contributed by atoms with E-state index in [2.05, 4.69) is 48.5 Å². The predicted molar refractivity (Wildman–Crippen MR) is 89.4 cm³/mol. The minimum atomic E-state index is -0.470. The molecule has 1 amide bonds. The lowest BCUT2D eigenvalue weighted by Crippen LogP contribution is -2.50. The highest BCUT2D eigenvalue weighted by Crippen LogP contribution is 2.71. The second-order valence-electron chi connectivity index (χ2n) is 9.14. The molecule has 2 bridgehead atoms. The Kier molecular flexibility index (Phi) is 4.25. The van der Waals surface area contributed by atoms with Gasteiger partial charge < -0.3 is 4.90 Å². The van der Waals surface area contributed by atoms with Crippen LogP contribution >= 0.6 is 0 Å². The van der Waals surface area contributed by atoms with Gasteiger partial charge >= 0.3 is 0 Å². The molecular formula is C19H33NO2. The topological polar surface area (TPSA) is 37.4 Å². The number of Topliss-reactive ketones (excluding diaryl/α,β-unsaturated/α-hetero) is 1. The Hall–Kier alpha value is -0.860. The zero-order valence-electron chi connectivity index (χ0n) is 15.5. The van der Waals surface area contributed by atoms with Gasteiger partial charge in [-0.25, -0.2) is 0 Å². The lowest BCUT2D eigenvalue weighted by molar-refractivity contribution is -0.149. The first-order chi connectivity index (χ1) is 9.98. The zero-order valence-corrected chi connectivity index (χ0v) is 15.5. The maximum absolute atomic E-state index is 13.5. The molecular weight excluding hydrogens is 274 g/mol. The molecule has 0 aromatic carbocycles. The standard InChI is InChI=1S/C19H33NO2/c1-13(2)11-20(12-14(3)4)16(22)19-9-8-18(7,15(21)10-19)17(19,5)6/h13-14H,8-12H2,1-7H3/t18-,19-/m1/s1. The molecule has 2 saturated carbocycles. The number of ketones is 1. The van der Waals surface area contributed by atoms with Crippen LogP contribution in [-0.4, -0.2) is 29.7 Å². The summed E-state index contributed by atoms with van der Waals surface area (Å²) in [5.41, 5.74) is -1.02.